The molecule has 0 atom stereocenters. The highest BCUT2D eigenvalue weighted by atomic mass is 35.5. The van der Waals surface area contributed by atoms with E-state index in [4.69, 9.17) is 11.6 Å². The molecule has 2 aromatic heterocycles. The van der Waals surface area contributed by atoms with E-state index in [1.807, 2.05) is 25.1 Å². The smallest absolute Gasteiger partial charge is 0.238 e. The van der Waals surface area contributed by atoms with Gasteiger partial charge in [-0.2, -0.15) is 4.98 Å². The van der Waals surface area contributed by atoms with E-state index < -0.39 is 15.1 Å². The second kappa shape index (κ2) is 12.8. The van der Waals surface area contributed by atoms with E-state index in [-0.39, 0.29) is 26.9 Å². The summed E-state index contributed by atoms with van der Waals surface area (Å²) < 4.78 is 25.7. The molecule has 0 unspecified atom stereocenters. The van der Waals surface area contributed by atoms with Gasteiger partial charge in [-0.1, -0.05) is 17.7 Å². The van der Waals surface area contributed by atoms with Gasteiger partial charge in [0.25, 0.3) is 0 Å². The molecule has 0 saturated carbocycles. The van der Waals surface area contributed by atoms with Gasteiger partial charge in [0.05, 0.1) is 23.7 Å². The maximum atomic E-state index is 12.8. The van der Waals surface area contributed by atoms with Gasteiger partial charge in [-0.15, -0.1) is 11.3 Å². The first kappa shape index (κ1) is 30.2. The average Bonchev–Trinajstić information content (AvgIpc) is 3.37. The first-order valence-electron chi connectivity index (χ1n) is 13.1. The van der Waals surface area contributed by atoms with E-state index in [2.05, 4.69) is 49.8 Å². The number of amides is 1. The van der Waals surface area contributed by atoms with Crippen molar-refractivity contribution in [2.45, 2.75) is 49.1 Å². The summed E-state index contributed by atoms with van der Waals surface area (Å²) in [4.78, 5) is 26.0. The van der Waals surface area contributed by atoms with Gasteiger partial charge >= 0.3 is 0 Å². The number of aryl methyl sites for hydroxylation is 1. The Morgan fingerprint density at radius 1 is 1.18 bits per heavy atom. The minimum Gasteiger partial charge on any atom is -0.337 e. The molecule has 0 aliphatic carbocycles. The zero-order chi connectivity index (χ0) is 29.0. The lowest BCUT2D eigenvalue weighted by Gasteiger charge is -2.34. The van der Waals surface area contributed by atoms with E-state index in [9.17, 15) is 13.2 Å². The summed E-state index contributed by atoms with van der Waals surface area (Å²) in [5, 5.41) is 10.6. The fraction of sp³-hybridized carbons (Fsp3) is 0.444. The average molecular weight is 606 g/mol. The highest BCUT2D eigenvalue weighted by Crippen LogP contribution is 2.34. The third-order valence-corrected chi connectivity index (χ3v) is 10.9. The summed E-state index contributed by atoms with van der Waals surface area (Å²) in [6.07, 6.45) is 3.55. The van der Waals surface area contributed by atoms with E-state index in [1.165, 1.54) is 6.20 Å². The molecule has 1 amide bonds. The van der Waals surface area contributed by atoms with Crippen molar-refractivity contribution in [2.75, 3.05) is 49.7 Å². The van der Waals surface area contributed by atoms with Gasteiger partial charge in [0, 0.05) is 30.5 Å². The van der Waals surface area contributed by atoms with Gasteiger partial charge in [-0.3, -0.25) is 9.69 Å². The van der Waals surface area contributed by atoms with Gasteiger partial charge < -0.3 is 20.9 Å². The number of nitrogens with zero attached hydrogens (tertiary/aromatic N) is 4. The summed E-state index contributed by atoms with van der Waals surface area (Å²) in [5.41, 5.74) is 2.73. The predicted molar refractivity (Wildman–Crippen MR) is 163 cm³/mol. The van der Waals surface area contributed by atoms with Gasteiger partial charge in [0.1, 0.15) is 9.23 Å². The van der Waals surface area contributed by atoms with Crippen LogP contribution in [0, 0.1) is 6.92 Å². The quantitative estimate of drug-likeness (QED) is 0.289. The molecule has 40 heavy (non-hydrogen) atoms. The van der Waals surface area contributed by atoms with E-state index in [0.717, 1.165) is 48.5 Å². The van der Waals surface area contributed by atoms with Crippen molar-refractivity contribution in [3.8, 4) is 0 Å². The van der Waals surface area contributed by atoms with Crippen molar-refractivity contribution in [3.63, 3.8) is 0 Å². The lowest BCUT2D eigenvalue weighted by molar-refractivity contribution is -0.117. The number of hydrogen-bond acceptors (Lipinski definition) is 10. The molecule has 4 rings (SSSR count). The van der Waals surface area contributed by atoms with Crippen LogP contribution in [-0.4, -0.2) is 79.1 Å². The summed E-state index contributed by atoms with van der Waals surface area (Å²) in [6, 6.07) is 7.86. The highest BCUT2D eigenvalue weighted by molar-refractivity contribution is 7.94. The second-order valence-electron chi connectivity index (χ2n) is 10.4. The molecule has 3 aromatic rings. The molecule has 0 spiro atoms. The van der Waals surface area contributed by atoms with Crippen molar-refractivity contribution >= 4 is 67.5 Å². The molecule has 3 heterocycles. The number of sulfone groups is 1. The standard InChI is InChI=1S/C27H36ClN7O3S2/c1-17(2)40(37,38)26-22(10-13-39-26)31-25-21(28)15-29-27(33-25)32-23-14-19(7-6-18(23)3)30-24(36)16-35-11-8-20(9-12-35)34(4)5/h6-7,10,13-15,17,20H,8-9,11-12,16H2,1-5H3,(H,30,36)(H2,29,31,32,33). The molecule has 1 saturated heterocycles. The van der Waals surface area contributed by atoms with E-state index >= 15 is 0 Å². The predicted octanol–water partition coefficient (Wildman–Crippen LogP) is 5.13. The van der Waals surface area contributed by atoms with Gasteiger partial charge in [0.15, 0.2) is 15.7 Å². The number of carbonyl (C=O) groups excluding carboxylic acids is 1. The Morgan fingerprint density at radius 3 is 2.58 bits per heavy atom. The number of thiophene rings is 1. The number of rotatable bonds is 10. The maximum Gasteiger partial charge on any atom is 0.238 e. The molecule has 1 aliphatic rings. The summed E-state index contributed by atoms with van der Waals surface area (Å²) in [6.45, 7) is 7.38. The van der Waals surface area contributed by atoms with Crippen molar-refractivity contribution in [1.82, 2.24) is 19.8 Å². The molecular formula is C27H36ClN7O3S2. The Kier molecular flexibility index (Phi) is 9.68. The highest BCUT2D eigenvalue weighted by Gasteiger charge is 2.25. The molecule has 216 valence electrons. The third kappa shape index (κ3) is 7.29. The van der Waals surface area contributed by atoms with Crippen LogP contribution in [0.4, 0.5) is 28.8 Å². The molecule has 3 N–H and O–H groups in total. The van der Waals surface area contributed by atoms with Crippen molar-refractivity contribution in [1.29, 1.82) is 0 Å². The number of likely N-dealkylation sites (tertiary alicyclic amines) is 1. The molecule has 1 aromatic carbocycles. The summed E-state index contributed by atoms with van der Waals surface area (Å²) in [7, 11) is 0.722. The minimum atomic E-state index is -3.48. The minimum absolute atomic E-state index is 0.0600. The summed E-state index contributed by atoms with van der Waals surface area (Å²) >= 11 is 7.49. The van der Waals surface area contributed by atoms with Crippen LogP contribution in [0.15, 0.2) is 40.1 Å². The Hall–Kier alpha value is -2.77. The lowest BCUT2D eigenvalue weighted by Crippen LogP contribution is -2.44. The van der Waals surface area contributed by atoms with Gasteiger partial charge in [0.2, 0.25) is 11.9 Å². The molecule has 0 bridgehead atoms. The van der Waals surface area contributed by atoms with Crippen LogP contribution in [0.1, 0.15) is 32.3 Å². The third-order valence-electron chi connectivity index (χ3n) is 6.93. The van der Waals surface area contributed by atoms with Crippen LogP contribution < -0.4 is 16.0 Å². The molecule has 13 heteroatoms. The Balaban J connectivity index is 1.44. The topological polar surface area (TPSA) is 120 Å². The van der Waals surface area contributed by atoms with Crippen LogP contribution in [0.5, 0.6) is 0 Å². The SMILES string of the molecule is Cc1ccc(NC(=O)CN2CCC(N(C)C)CC2)cc1Nc1ncc(Cl)c(Nc2ccsc2S(=O)(=O)C(C)C)n1. The van der Waals surface area contributed by atoms with E-state index in [0.29, 0.717) is 24.0 Å². The van der Waals surface area contributed by atoms with Crippen LogP contribution in [-0.2, 0) is 14.6 Å². The normalized spacial score (nSPS) is 15.0. The number of anilines is 5. The Morgan fingerprint density at radius 2 is 1.90 bits per heavy atom. The molecular weight excluding hydrogens is 570 g/mol. The van der Waals surface area contributed by atoms with Crippen LogP contribution in [0.2, 0.25) is 5.02 Å². The molecule has 10 nitrogen and oxygen atoms in total. The Bertz CT molecular complexity index is 1450. The fourth-order valence-electron chi connectivity index (χ4n) is 4.42. The van der Waals surface area contributed by atoms with Crippen LogP contribution >= 0.6 is 22.9 Å². The molecule has 1 aliphatic heterocycles. The number of hydrogen-bond donors (Lipinski definition) is 3. The van der Waals surface area contributed by atoms with E-state index in [1.54, 1.807) is 25.3 Å². The number of carbonyl (C=O) groups is 1. The first-order valence-corrected chi connectivity index (χ1v) is 15.9. The Labute approximate surface area is 245 Å². The largest absolute Gasteiger partial charge is 0.337 e. The number of aromatic nitrogens is 2. The lowest BCUT2D eigenvalue weighted by atomic mass is 10.0. The second-order valence-corrected chi connectivity index (χ2v) is 14.4. The summed E-state index contributed by atoms with van der Waals surface area (Å²) in [5.74, 6) is 0.485. The van der Waals surface area contributed by atoms with Crippen LogP contribution in [0.3, 0.4) is 0 Å². The number of piperidine rings is 1. The van der Waals surface area contributed by atoms with Crippen LogP contribution in [0.25, 0.3) is 0 Å². The van der Waals surface area contributed by atoms with Crippen molar-refractivity contribution in [2.24, 2.45) is 0 Å². The van der Waals surface area contributed by atoms with Crippen molar-refractivity contribution < 1.29 is 13.2 Å². The van der Waals surface area contributed by atoms with Crippen molar-refractivity contribution in [3.05, 3.63) is 46.4 Å². The zero-order valence-electron chi connectivity index (χ0n) is 23.4. The number of benzene rings is 1. The monoisotopic (exact) mass is 605 g/mol. The maximum absolute atomic E-state index is 12.8. The van der Waals surface area contributed by atoms with Gasteiger partial charge in [-0.25, -0.2) is 13.4 Å². The fourth-order valence-corrected chi connectivity index (χ4v) is 7.26. The number of halogens is 1. The molecule has 0 radical (unpaired) electrons. The first-order chi connectivity index (χ1) is 18.9. The van der Waals surface area contributed by atoms with Gasteiger partial charge in [-0.05, 0) is 76.9 Å². The number of nitrogens with one attached hydrogen (secondary N) is 3. The molecule has 1 fully saturated rings. The zero-order valence-corrected chi connectivity index (χ0v) is 25.8.